The van der Waals surface area contributed by atoms with Crippen molar-refractivity contribution in [1.82, 2.24) is 4.72 Å². The second-order valence-electron chi connectivity index (χ2n) is 3.04. The van der Waals surface area contributed by atoms with Crippen LogP contribution in [0.5, 0.6) is 0 Å². The molecule has 0 radical (unpaired) electrons. The molecule has 0 heterocycles. The predicted molar refractivity (Wildman–Crippen MR) is 58.0 cm³/mol. The van der Waals surface area contributed by atoms with E-state index in [2.05, 4.69) is 4.72 Å². The van der Waals surface area contributed by atoms with E-state index in [-0.39, 0.29) is 0 Å². The number of hydrogen-bond acceptors (Lipinski definition) is 3. The van der Waals surface area contributed by atoms with Gasteiger partial charge in [0.1, 0.15) is 6.04 Å². The summed E-state index contributed by atoms with van der Waals surface area (Å²) in [5.41, 5.74) is 0.517. The van der Waals surface area contributed by atoms with Crippen LogP contribution in [0.3, 0.4) is 0 Å². The number of benzene rings is 1. The highest BCUT2D eigenvalue weighted by Gasteiger charge is 2.21. The molecule has 15 heavy (non-hydrogen) atoms. The van der Waals surface area contributed by atoms with E-state index >= 15 is 0 Å². The number of carbonyl (C=O) groups is 1. The summed E-state index contributed by atoms with van der Waals surface area (Å²) in [5, 5.41) is -0.758. The molecular weight excluding hydrogens is 238 g/mol. The lowest BCUT2D eigenvalue weighted by atomic mass is 10.1. The van der Waals surface area contributed by atoms with Gasteiger partial charge in [-0.1, -0.05) is 30.3 Å². The molecule has 0 saturated carbocycles. The fourth-order valence-electron chi connectivity index (χ4n) is 1.10. The topological polar surface area (TPSA) is 63.2 Å². The first-order chi connectivity index (χ1) is 6.90. The monoisotopic (exact) mass is 247 g/mol. The van der Waals surface area contributed by atoms with E-state index in [1.165, 1.54) is 0 Å². The van der Waals surface area contributed by atoms with Gasteiger partial charge < -0.3 is 0 Å². The second kappa shape index (κ2) is 4.74. The Morgan fingerprint density at radius 3 is 2.27 bits per heavy atom. The Kier molecular flexibility index (Phi) is 3.84. The molecule has 0 aliphatic heterocycles. The van der Waals surface area contributed by atoms with E-state index in [1.807, 2.05) is 0 Å². The van der Waals surface area contributed by atoms with Crippen LogP contribution in [0.4, 0.5) is 0 Å². The molecule has 0 bridgehead atoms. The molecule has 0 spiro atoms. The molecule has 0 fully saturated rings. The first-order valence-corrected chi connectivity index (χ1v) is 6.38. The van der Waals surface area contributed by atoms with Gasteiger partial charge in [-0.3, -0.25) is 4.79 Å². The molecular formula is C9H10ClNO3S. The van der Waals surface area contributed by atoms with Crippen molar-refractivity contribution in [2.45, 2.75) is 6.04 Å². The maximum atomic E-state index is 11.1. The van der Waals surface area contributed by atoms with E-state index in [1.54, 1.807) is 30.3 Å². The van der Waals surface area contributed by atoms with Crippen LogP contribution < -0.4 is 4.72 Å². The van der Waals surface area contributed by atoms with Gasteiger partial charge in [-0.05, 0) is 17.2 Å². The average molecular weight is 248 g/mol. The third-order valence-electron chi connectivity index (χ3n) is 1.69. The van der Waals surface area contributed by atoms with E-state index in [4.69, 9.17) is 11.6 Å². The van der Waals surface area contributed by atoms with Crippen LogP contribution in [0.25, 0.3) is 0 Å². The van der Waals surface area contributed by atoms with E-state index in [0.29, 0.717) is 5.56 Å². The highest BCUT2D eigenvalue weighted by molar-refractivity contribution is 7.88. The average Bonchev–Trinajstić information content (AvgIpc) is 2.14. The molecule has 0 aliphatic rings. The molecule has 0 aromatic heterocycles. The second-order valence-corrected chi connectivity index (χ2v) is 5.19. The molecule has 1 aromatic rings. The lowest BCUT2D eigenvalue weighted by Gasteiger charge is -2.12. The fourth-order valence-corrected chi connectivity index (χ4v) is 2.02. The Bertz CT molecular complexity index is 444. The molecule has 1 atom stereocenters. The molecule has 1 N–H and O–H groups in total. The standard InChI is InChI=1S/C9H10ClNO3S/c1-15(13,14)11-8(9(10)12)7-5-3-2-4-6-7/h2-6,8,11H,1H3/t8-/m1/s1. The molecule has 4 nitrogen and oxygen atoms in total. The Hall–Kier alpha value is -0.910. The summed E-state index contributed by atoms with van der Waals surface area (Å²) in [6, 6.07) is 7.40. The van der Waals surface area contributed by atoms with Crippen molar-refractivity contribution >= 4 is 26.9 Å². The molecule has 82 valence electrons. The van der Waals surface area contributed by atoms with Crippen molar-refractivity contribution in [3.05, 3.63) is 35.9 Å². The van der Waals surface area contributed by atoms with Crippen molar-refractivity contribution in [3.8, 4) is 0 Å². The van der Waals surface area contributed by atoms with E-state index in [9.17, 15) is 13.2 Å². The Balaban J connectivity index is 3.00. The molecule has 0 saturated heterocycles. The summed E-state index contributed by atoms with van der Waals surface area (Å²) in [4.78, 5) is 11.1. The third-order valence-corrected chi connectivity index (χ3v) is 2.57. The Morgan fingerprint density at radius 1 is 1.33 bits per heavy atom. The van der Waals surface area contributed by atoms with Gasteiger partial charge in [0.2, 0.25) is 15.3 Å². The Morgan fingerprint density at radius 2 is 1.87 bits per heavy atom. The zero-order chi connectivity index (χ0) is 11.5. The van der Waals surface area contributed by atoms with Gasteiger partial charge in [0.15, 0.2) is 0 Å². The van der Waals surface area contributed by atoms with Crippen LogP contribution in [0.15, 0.2) is 30.3 Å². The summed E-state index contributed by atoms with van der Waals surface area (Å²) >= 11 is 5.32. The molecule has 1 rings (SSSR count). The minimum Gasteiger partial charge on any atom is -0.279 e. The van der Waals surface area contributed by atoms with E-state index < -0.39 is 21.3 Å². The smallest absolute Gasteiger partial charge is 0.244 e. The lowest BCUT2D eigenvalue weighted by Crippen LogP contribution is -2.31. The minimum absolute atomic E-state index is 0.517. The van der Waals surface area contributed by atoms with Gasteiger partial charge in [-0.2, -0.15) is 4.72 Å². The van der Waals surface area contributed by atoms with Gasteiger partial charge in [0.05, 0.1) is 6.26 Å². The van der Waals surface area contributed by atoms with Crippen molar-refractivity contribution < 1.29 is 13.2 Å². The molecule has 0 aliphatic carbocycles. The van der Waals surface area contributed by atoms with Crippen LogP contribution in [0, 0.1) is 0 Å². The lowest BCUT2D eigenvalue weighted by molar-refractivity contribution is -0.113. The van der Waals surface area contributed by atoms with Crippen molar-refractivity contribution in [1.29, 1.82) is 0 Å². The third kappa shape index (κ3) is 3.99. The largest absolute Gasteiger partial charge is 0.279 e. The number of carbonyl (C=O) groups excluding carboxylic acids is 1. The number of rotatable bonds is 4. The zero-order valence-corrected chi connectivity index (χ0v) is 9.55. The number of nitrogens with one attached hydrogen (secondary N) is 1. The molecule has 1 aromatic carbocycles. The maximum Gasteiger partial charge on any atom is 0.244 e. The first-order valence-electron chi connectivity index (χ1n) is 4.12. The van der Waals surface area contributed by atoms with Crippen LogP contribution >= 0.6 is 11.6 Å². The Labute approximate surface area is 93.3 Å². The predicted octanol–water partition coefficient (Wildman–Crippen LogP) is 1.04. The van der Waals surface area contributed by atoms with Crippen molar-refractivity contribution in [2.24, 2.45) is 0 Å². The fraction of sp³-hybridized carbons (Fsp3) is 0.222. The number of halogens is 1. The van der Waals surface area contributed by atoms with Gasteiger partial charge in [-0.15, -0.1) is 0 Å². The van der Waals surface area contributed by atoms with Crippen LogP contribution in [-0.4, -0.2) is 19.9 Å². The minimum atomic E-state index is -3.47. The number of sulfonamides is 1. The highest BCUT2D eigenvalue weighted by atomic mass is 35.5. The number of hydrogen-bond donors (Lipinski definition) is 1. The van der Waals surface area contributed by atoms with Crippen molar-refractivity contribution in [3.63, 3.8) is 0 Å². The van der Waals surface area contributed by atoms with Gasteiger partial charge in [0.25, 0.3) is 0 Å². The van der Waals surface area contributed by atoms with Gasteiger partial charge >= 0.3 is 0 Å². The summed E-state index contributed by atoms with van der Waals surface area (Å²) in [6.07, 6.45) is 0.975. The molecule has 6 heteroatoms. The van der Waals surface area contributed by atoms with E-state index in [0.717, 1.165) is 6.26 Å². The summed E-state index contributed by atoms with van der Waals surface area (Å²) in [6.45, 7) is 0. The highest BCUT2D eigenvalue weighted by Crippen LogP contribution is 2.16. The normalized spacial score (nSPS) is 13.5. The zero-order valence-electron chi connectivity index (χ0n) is 7.98. The van der Waals surface area contributed by atoms with Gasteiger partial charge in [0, 0.05) is 0 Å². The SMILES string of the molecule is CS(=O)(=O)N[C@@H](C(=O)Cl)c1ccccc1. The quantitative estimate of drug-likeness (QED) is 0.809. The summed E-state index contributed by atoms with van der Waals surface area (Å²) < 4.78 is 24.2. The van der Waals surface area contributed by atoms with Crippen molar-refractivity contribution in [2.75, 3.05) is 6.26 Å². The van der Waals surface area contributed by atoms with Crippen LogP contribution in [0.1, 0.15) is 11.6 Å². The first kappa shape index (κ1) is 12.2. The van der Waals surface area contributed by atoms with Crippen LogP contribution in [0.2, 0.25) is 0 Å². The van der Waals surface area contributed by atoms with Crippen LogP contribution in [-0.2, 0) is 14.8 Å². The molecule has 0 unspecified atom stereocenters. The maximum absolute atomic E-state index is 11.1. The summed E-state index contributed by atoms with van der Waals surface area (Å²) in [7, 11) is -3.47. The molecule has 0 amide bonds. The summed E-state index contributed by atoms with van der Waals surface area (Å²) in [5.74, 6) is 0. The van der Waals surface area contributed by atoms with Gasteiger partial charge in [-0.25, -0.2) is 8.42 Å².